The number of rotatable bonds is 7. The second-order valence-electron chi connectivity index (χ2n) is 6.10. The Morgan fingerprint density at radius 2 is 1.85 bits per heavy atom. The molecule has 0 radical (unpaired) electrons. The number of likely N-dealkylation sites (N-methyl/N-ethyl adjacent to an activating group) is 1. The van der Waals surface area contributed by atoms with E-state index in [1.54, 1.807) is 0 Å². The van der Waals surface area contributed by atoms with Crippen molar-refractivity contribution in [3.8, 4) is 0 Å². The van der Waals surface area contributed by atoms with Crippen LogP contribution in [0.25, 0.3) is 0 Å². The first-order chi connectivity index (χ1) is 9.81. The average molecular weight is 274 g/mol. The monoisotopic (exact) mass is 274 g/mol. The van der Waals surface area contributed by atoms with Crippen LogP contribution in [-0.4, -0.2) is 31.1 Å². The van der Waals surface area contributed by atoms with Gasteiger partial charge in [0.05, 0.1) is 0 Å². The summed E-state index contributed by atoms with van der Waals surface area (Å²) in [4.78, 5) is 2.56. The van der Waals surface area contributed by atoms with Gasteiger partial charge in [0.1, 0.15) is 0 Å². The van der Waals surface area contributed by atoms with Gasteiger partial charge >= 0.3 is 0 Å². The second kappa shape index (κ2) is 8.43. The van der Waals surface area contributed by atoms with Crippen molar-refractivity contribution < 1.29 is 0 Å². The lowest BCUT2D eigenvalue weighted by molar-refractivity contribution is 0.190. The summed E-state index contributed by atoms with van der Waals surface area (Å²) in [5.41, 5.74) is 1.41. The van der Waals surface area contributed by atoms with Gasteiger partial charge in [-0.3, -0.25) is 0 Å². The molecule has 1 aliphatic rings. The maximum absolute atomic E-state index is 3.71. The van der Waals surface area contributed by atoms with Gasteiger partial charge in [-0.15, -0.1) is 0 Å². The van der Waals surface area contributed by atoms with Crippen molar-refractivity contribution >= 4 is 0 Å². The minimum atomic E-state index is 0.496. The third kappa shape index (κ3) is 4.60. The number of hydrogen-bond donors (Lipinski definition) is 1. The Morgan fingerprint density at radius 3 is 2.50 bits per heavy atom. The van der Waals surface area contributed by atoms with Crippen molar-refractivity contribution in [2.45, 2.75) is 57.5 Å². The summed E-state index contributed by atoms with van der Waals surface area (Å²) in [5.74, 6) is 0. The fourth-order valence-corrected chi connectivity index (χ4v) is 3.30. The Hall–Kier alpha value is -0.860. The molecule has 1 atom stereocenters. The van der Waals surface area contributed by atoms with Crippen LogP contribution in [0.2, 0.25) is 0 Å². The molecule has 2 nitrogen and oxygen atoms in total. The molecule has 1 fully saturated rings. The van der Waals surface area contributed by atoms with E-state index in [4.69, 9.17) is 0 Å². The van der Waals surface area contributed by atoms with Crippen LogP contribution in [0, 0.1) is 0 Å². The van der Waals surface area contributed by atoms with Crippen molar-refractivity contribution in [2.24, 2.45) is 0 Å². The highest BCUT2D eigenvalue weighted by molar-refractivity contribution is 5.18. The Balaban J connectivity index is 1.73. The number of nitrogens with one attached hydrogen (secondary N) is 1. The predicted molar refractivity (Wildman–Crippen MR) is 87.0 cm³/mol. The lowest BCUT2D eigenvalue weighted by Gasteiger charge is -2.31. The van der Waals surface area contributed by atoms with Crippen LogP contribution in [0.5, 0.6) is 0 Å². The van der Waals surface area contributed by atoms with Gasteiger partial charge in [0, 0.05) is 25.2 Å². The number of hydrogen-bond acceptors (Lipinski definition) is 2. The van der Waals surface area contributed by atoms with E-state index < -0.39 is 0 Å². The lowest BCUT2D eigenvalue weighted by Crippen LogP contribution is -2.38. The minimum absolute atomic E-state index is 0.496. The van der Waals surface area contributed by atoms with Gasteiger partial charge in [-0.1, -0.05) is 56.5 Å². The largest absolute Gasteiger partial charge is 0.309 e. The van der Waals surface area contributed by atoms with Crippen LogP contribution in [0.15, 0.2) is 30.3 Å². The quantitative estimate of drug-likeness (QED) is 0.808. The SMILES string of the molecule is CCC(NCCN(C)C1CCCCC1)c1ccccc1. The molecular weight excluding hydrogens is 244 g/mol. The highest BCUT2D eigenvalue weighted by Crippen LogP contribution is 2.21. The number of nitrogens with zero attached hydrogens (tertiary/aromatic N) is 1. The zero-order valence-corrected chi connectivity index (χ0v) is 13.1. The first-order valence-electron chi connectivity index (χ1n) is 8.30. The van der Waals surface area contributed by atoms with E-state index in [0.717, 1.165) is 25.6 Å². The second-order valence-corrected chi connectivity index (χ2v) is 6.10. The molecule has 1 aromatic carbocycles. The summed E-state index contributed by atoms with van der Waals surface area (Å²) in [6.45, 7) is 4.50. The van der Waals surface area contributed by atoms with Gasteiger partial charge in [0.15, 0.2) is 0 Å². The first-order valence-corrected chi connectivity index (χ1v) is 8.30. The van der Waals surface area contributed by atoms with Gasteiger partial charge < -0.3 is 10.2 Å². The van der Waals surface area contributed by atoms with Crippen molar-refractivity contribution in [1.82, 2.24) is 10.2 Å². The molecular formula is C18H30N2. The topological polar surface area (TPSA) is 15.3 Å². The summed E-state index contributed by atoms with van der Waals surface area (Å²) in [7, 11) is 2.29. The van der Waals surface area contributed by atoms with Crippen LogP contribution < -0.4 is 5.32 Å². The Bertz CT molecular complexity index is 357. The van der Waals surface area contributed by atoms with E-state index in [1.807, 2.05) is 0 Å². The van der Waals surface area contributed by atoms with E-state index in [9.17, 15) is 0 Å². The fourth-order valence-electron chi connectivity index (χ4n) is 3.30. The highest BCUT2D eigenvalue weighted by Gasteiger charge is 2.17. The molecule has 0 heterocycles. The van der Waals surface area contributed by atoms with Crippen LogP contribution >= 0.6 is 0 Å². The van der Waals surface area contributed by atoms with Gasteiger partial charge in [0.2, 0.25) is 0 Å². The average Bonchev–Trinajstić information content (AvgIpc) is 2.53. The lowest BCUT2D eigenvalue weighted by atomic mass is 9.94. The van der Waals surface area contributed by atoms with E-state index >= 15 is 0 Å². The van der Waals surface area contributed by atoms with Crippen molar-refractivity contribution in [3.63, 3.8) is 0 Å². The van der Waals surface area contributed by atoms with E-state index in [1.165, 1.54) is 37.7 Å². The summed E-state index contributed by atoms with van der Waals surface area (Å²) in [5, 5.41) is 3.71. The summed E-state index contributed by atoms with van der Waals surface area (Å²) >= 11 is 0. The molecule has 20 heavy (non-hydrogen) atoms. The molecule has 0 aliphatic heterocycles. The molecule has 1 N–H and O–H groups in total. The summed E-state index contributed by atoms with van der Waals surface area (Å²) in [6.07, 6.45) is 8.22. The fraction of sp³-hybridized carbons (Fsp3) is 0.667. The molecule has 0 amide bonds. The Labute approximate surface area is 124 Å². The molecule has 2 rings (SSSR count). The van der Waals surface area contributed by atoms with Crippen molar-refractivity contribution in [3.05, 3.63) is 35.9 Å². The number of benzene rings is 1. The zero-order chi connectivity index (χ0) is 14.2. The zero-order valence-electron chi connectivity index (χ0n) is 13.1. The maximum atomic E-state index is 3.71. The van der Waals surface area contributed by atoms with Gasteiger partial charge in [0.25, 0.3) is 0 Å². The van der Waals surface area contributed by atoms with E-state index in [2.05, 4.69) is 54.5 Å². The van der Waals surface area contributed by atoms with Crippen LogP contribution in [-0.2, 0) is 0 Å². The van der Waals surface area contributed by atoms with Crippen LogP contribution in [0.4, 0.5) is 0 Å². The Kier molecular flexibility index (Phi) is 6.55. The van der Waals surface area contributed by atoms with Crippen molar-refractivity contribution in [2.75, 3.05) is 20.1 Å². The molecule has 0 aromatic heterocycles. The molecule has 2 heteroatoms. The third-order valence-electron chi connectivity index (χ3n) is 4.66. The smallest absolute Gasteiger partial charge is 0.0318 e. The first kappa shape index (κ1) is 15.5. The molecule has 1 aliphatic carbocycles. The van der Waals surface area contributed by atoms with Crippen LogP contribution in [0.1, 0.15) is 57.1 Å². The molecule has 1 saturated carbocycles. The van der Waals surface area contributed by atoms with Gasteiger partial charge in [-0.25, -0.2) is 0 Å². The molecule has 1 unspecified atom stereocenters. The minimum Gasteiger partial charge on any atom is -0.309 e. The Morgan fingerprint density at radius 1 is 1.15 bits per heavy atom. The molecule has 0 spiro atoms. The maximum Gasteiger partial charge on any atom is 0.0318 e. The van der Waals surface area contributed by atoms with E-state index in [0.29, 0.717) is 6.04 Å². The van der Waals surface area contributed by atoms with E-state index in [-0.39, 0.29) is 0 Å². The van der Waals surface area contributed by atoms with Gasteiger partial charge in [-0.05, 0) is 31.9 Å². The predicted octanol–water partition coefficient (Wildman–Crippen LogP) is 3.99. The normalized spacial score (nSPS) is 18.4. The van der Waals surface area contributed by atoms with Crippen LogP contribution in [0.3, 0.4) is 0 Å². The molecule has 0 saturated heterocycles. The summed E-state index contributed by atoms with van der Waals surface area (Å²) in [6, 6.07) is 12.1. The van der Waals surface area contributed by atoms with Crippen molar-refractivity contribution in [1.29, 1.82) is 0 Å². The summed E-state index contributed by atoms with van der Waals surface area (Å²) < 4.78 is 0. The van der Waals surface area contributed by atoms with Gasteiger partial charge in [-0.2, -0.15) is 0 Å². The molecule has 0 bridgehead atoms. The highest BCUT2D eigenvalue weighted by atomic mass is 15.1. The third-order valence-corrected chi connectivity index (χ3v) is 4.66. The molecule has 112 valence electrons. The molecule has 1 aromatic rings. The standard InChI is InChI=1S/C18H30N2/c1-3-18(16-10-6-4-7-11-16)19-14-15-20(2)17-12-8-5-9-13-17/h4,6-7,10-11,17-19H,3,5,8-9,12-15H2,1-2H3.